The number of hydrogen-bond donors (Lipinski definition) is 0. The molecule has 0 spiro atoms. The van der Waals surface area contributed by atoms with Gasteiger partial charge in [-0.3, -0.25) is 0 Å². The van der Waals surface area contributed by atoms with E-state index < -0.39 is 6.29 Å². The highest BCUT2D eigenvalue weighted by Crippen LogP contribution is 2.29. The van der Waals surface area contributed by atoms with Gasteiger partial charge in [0.05, 0.1) is 20.3 Å². The second kappa shape index (κ2) is 7.62. The van der Waals surface area contributed by atoms with Crippen molar-refractivity contribution in [3.8, 4) is 17.6 Å². The Balaban J connectivity index is 2.89. The van der Waals surface area contributed by atoms with E-state index in [-0.39, 0.29) is 5.92 Å². The third-order valence-electron chi connectivity index (χ3n) is 2.86. The molecular formula is C14H19NO4. The summed E-state index contributed by atoms with van der Waals surface area (Å²) in [7, 11) is 6.21. The van der Waals surface area contributed by atoms with E-state index in [1.165, 1.54) is 14.2 Å². The zero-order valence-corrected chi connectivity index (χ0v) is 11.7. The first-order valence-electron chi connectivity index (χ1n) is 5.86. The molecule has 0 aliphatic carbocycles. The van der Waals surface area contributed by atoms with Crippen LogP contribution < -0.4 is 9.47 Å². The molecule has 1 aromatic rings. The lowest BCUT2D eigenvalue weighted by Gasteiger charge is -2.19. The second-order valence-electron chi connectivity index (χ2n) is 3.97. The summed E-state index contributed by atoms with van der Waals surface area (Å²) in [5.41, 5.74) is 0.961. The fourth-order valence-corrected chi connectivity index (χ4v) is 1.89. The fraction of sp³-hybridized carbons (Fsp3) is 0.500. The Bertz CT molecular complexity index is 438. The molecule has 5 heteroatoms. The maximum Gasteiger partial charge on any atom is 0.172 e. The first-order chi connectivity index (χ1) is 9.19. The van der Waals surface area contributed by atoms with Crippen molar-refractivity contribution in [2.24, 2.45) is 5.92 Å². The van der Waals surface area contributed by atoms with Gasteiger partial charge in [0, 0.05) is 14.2 Å². The van der Waals surface area contributed by atoms with E-state index in [0.717, 1.165) is 5.56 Å². The molecule has 0 heterocycles. The predicted molar refractivity (Wildman–Crippen MR) is 70.2 cm³/mol. The van der Waals surface area contributed by atoms with E-state index >= 15 is 0 Å². The summed E-state index contributed by atoms with van der Waals surface area (Å²) >= 11 is 0. The maximum absolute atomic E-state index is 9.18. The summed E-state index contributed by atoms with van der Waals surface area (Å²) in [5.74, 6) is 0.922. The quantitative estimate of drug-likeness (QED) is 0.706. The molecule has 0 saturated heterocycles. The van der Waals surface area contributed by atoms with Crippen molar-refractivity contribution in [1.82, 2.24) is 0 Å². The highest BCUT2D eigenvalue weighted by atomic mass is 16.7. The van der Waals surface area contributed by atoms with E-state index in [1.54, 1.807) is 14.2 Å². The van der Waals surface area contributed by atoms with Crippen LogP contribution in [0.2, 0.25) is 0 Å². The maximum atomic E-state index is 9.18. The van der Waals surface area contributed by atoms with Crippen molar-refractivity contribution < 1.29 is 18.9 Å². The zero-order valence-electron chi connectivity index (χ0n) is 11.7. The van der Waals surface area contributed by atoms with Crippen molar-refractivity contribution in [3.05, 3.63) is 23.8 Å². The fourth-order valence-electron chi connectivity index (χ4n) is 1.89. The van der Waals surface area contributed by atoms with Crippen LogP contribution in [0.1, 0.15) is 5.56 Å². The highest BCUT2D eigenvalue weighted by Gasteiger charge is 2.21. The number of nitriles is 1. The van der Waals surface area contributed by atoms with Gasteiger partial charge in [0.1, 0.15) is 5.92 Å². The summed E-state index contributed by atoms with van der Waals surface area (Å²) in [6.07, 6.45) is -0.0264. The van der Waals surface area contributed by atoms with Crippen molar-refractivity contribution >= 4 is 0 Å². The molecule has 104 valence electrons. The van der Waals surface area contributed by atoms with Gasteiger partial charge >= 0.3 is 0 Å². The Hall–Kier alpha value is -1.77. The Morgan fingerprint density at radius 1 is 1.05 bits per heavy atom. The van der Waals surface area contributed by atoms with E-state index in [2.05, 4.69) is 6.07 Å². The standard InChI is InChI=1S/C14H19NO4/c1-16-12-6-5-10(8-13(12)17-2)7-11(9-15)14(18-3)19-4/h5-6,8,11,14H,7H2,1-4H3. The molecule has 0 aliphatic heterocycles. The number of methoxy groups -OCH3 is 4. The molecule has 1 unspecified atom stereocenters. The molecule has 0 amide bonds. The minimum absolute atomic E-state index is 0.381. The van der Waals surface area contributed by atoms with Crippen molar-refractivity contribution in [3.63, 3.8) is 0 Å². The number of nitrogens with zero attached hydrogens (tertiary/aromatic N) is 1. The van der Waals surface area contributed by atoms with Crippen molar-refractivity contribution in [2.75, 3.05) is 28.4 Å². The summed E-state index contributed by atoms with van der Waals surface area (Å²) < 4.78 is 20.7. The molecule has 19 heavy (non-hydrogen) atoms. The van der Waals surface area contributed by atoms with Crippen LogP contribution >= 0.6 is 0 Å². The molecule has 1 aromatic carbocycles. The van der Waals surface area contributed by atoms with Crippen LogP contribution in [-0.2, 0) is 15.9 Å². The second-order valence-corrected chi connectivity index (χ2v) is 3.97. The number of ether oxygens (including phenoxy) is 4. The number of benzene rings is 1. The topological polar surface area (TPSA) is 60.7 Å². The van der Waals surface area contributed by atoms with Gasteiger partial charge in [-0.05, 0) is 24.1 Å². The van der Waals surface area contributed by atoms with Crippen molar-refractivity contribution in [2.45, 2.75) is 12.7 Å². The largest absolute Gasteiger partial charge is 0.493 e. The average molecular weight is 265 g/mol. The number of rotatable bonds is 7. The van der Waals surface area contributed by atoms with Gasteiger partial charge < -0.3 is 18.9 Å². The molecular weight excluding hydrogens is 246 g/mol. The first kappa shape index (κ1) is 15.3. The van der Waals surface area contributed by atoms with Gasteiger partial charge in [-0.15, -0.1) is 0 Å². The summed E-state index contributed by atoms with van der Waals surface area (Å²) in [6, 6.07) is 7.76. The molecule has 0 aromatic heterocycles. The lowest BCUT2D eigenvalue weighted by Crippen LogP contribution is -2.25. The summed E-state index contributed by atoms with van der Waals surface area (Å²) in [6.45, 7) is 0. The van der Waals surface area contributed by atoms with Gasteiger partial charge in [0.2, 0.25) is 0 Å². The van der Waals surface area contributed by atoms with Crippen LogP contribution in [0.25, 0.3) is 0 Å². The Morgan fingerprint density at radius 3 is 2.16 bits per heavy atom. The molecule has 5 nitrogen and oxygen atoms in total. The van der Waals surface area contributed by atoms with Crippen molar-refractivity contribution in [1.29, 1.82) is 5.26 Å². The van der Waals surface area contributed by atoms with Crippen LogP contribution in [0.4, 0.5) is 0 Å². The molecule has 1 rings (SSSR count). The average Bonchev–Trinajstić information content (AvgIpc) is 2.46. The molecule has 0 saturated carbocycles. The monoisotopic (exact) mass is 265 g/mol. The van der Waals surface area contributed by atoms with Gasteiger partial charge in [-0.25, -0.2) is 0 Å². The van der Waals surface area contributed by atoms with Crippen LogP contribution in [-0.4, -0.2) is 34.7 Å². The smallest absolute Gasteiger partial charge is 0.172 e. The molecule has 0 bridgehead atoms. The number of hydrogen-bond acceptors (Lipinski definition) is 5. The van der Waals surface area contributed by atoms with Crippen LogP contribution in [0, 0.1) is 17.2 Å². The molecule has 0 aliphatic rings. The van der Waals surface area contributed by atoms with Gasteiger partial charge in [-0.2, -0.15) is 5.26 Å². The normalized spacial score (nSPS) is 12.0. The van der Waals surface area contributed by atoms with E-state index in [1.807, 2.05) is 18.2 Å². The van der Waals surface area contributed by atoms with E-state index in [9.17, 15) is 5.26 Å². The van der Waals surface area contributed by atoms with E-state index in [0.29, 0.717) is 17.9 Å². The third-order valence-corrected chi connectivity index (χ3v) is 2.86. The van der Waals surface area contributed by atoms with Crippen LogP contribution in [0.3, 0.4) is 0 Å². The summed E-state index contributed by atoms with van der Waals surface area (Å²) in [5, 5.41) is 9.18. The molecule has 1 atom stereocenters. The SMILES string of the molecule is COc1ccc(CC(C#N)C(OC)OC)cc1OC. The minimum Gasteiger partial charge on any atom is -0.493 e. The minimum atomic E-state index is -0.543. The van der Waals surface area contributed by atoms with Crippen LogP contribution in [0.5, 0.6) is 11.5 Å². The Labute approximate surface area is 113 Å². The van der Waals surface area contributed by atoms with E-state index in [4.69, 9.17) is 18.9 Å². The van der Waals surface area contributed by atoms with Gasteiger partial charge in [0.15, 0.2) is 17.8 Å². The Kier molecular flexibility index (Phi) is 6.13. The van der Waals surface area contributed by atoms with Gasteiger partial charge in [-0.1, -0.05) is 6.07 Å². The van der Waals surface area contributed by atoms with Crippen LogP contribution in [0.15, 0.2) is 18.2 Å². The summed E-state index contributed by atoms with van der Waals surface area (Å²) in [4.78, 5) is 0. The zero-order chi connectivity index (χ0) is 14.3. The molecule has 0 fully saturated rings. The van der Waals surface area contributed by atoms with Gasteiger partial charge in [0.25, 0.3) is 0 Å². The highest BCUT2D eigenvalue weighted by molar-refractivity contribution is 5.43. The predicted octanol–water partition coefficient (Wildman–Crippen LogP) is 2.00. The first-order valence-corrected chi connectivity index (χ1v) is 5.86. The lowest BCUT2D eigenvalue weighted by molar-refractivity contribution is -0.124. The molecule has 0 radical (unpaired) electrons. The third kappa shape index (κ3) is 3.85. The molecule has 0 N–H and O–H groups in total. The Morgan fingerprint density at radius 2 is 1.68 bits per heavy atom. The lowest BCUT2D eigenvalue weighted by atomic mass is 9.99.